The van der Waals surface area contributed by atoms with E-state index >= 15 is 0 Å². The quantitative estimate of drug-likeness (QED) is 0.625. The first kappa shape index (κ1) is 14.3. The predicted octanol–water partition coefficient (Wildman–Crippen LogP) is 2.81. The molecule has 1 heterocycles. The molecule has 0 fully saturated rings. The molecule has 0 saturated carbocycles. The van der Waals surface area contributed by atoms with E-state index in [9.17, 15) is 13.6 Å². The second kappa shape index (κ2) is 6.26. The Labute approximate surface area is 107 Å². The van der Waals surface area contributed by atoms with E-state index in [1.54, 1.807) is 13.0 Å². The largest absolute Gasteiger partial charge is 0.462 e. The molecule has 1 rings (SSSR count). The molecule has 0 spiro atoms. The number of aromatic nitrogens is 1. The summed E-state index contributed by atoms with van der Waals surface area (Å²) in [4.78, 5) is 15.0. The van der Waals surface area contributed by atoms with E-state index in [1.165, 1.54) is 6.07 Å². The molecule has 0 saturated heterocycles. The van der Waals surface area contributed by atoms with Crippen molar-refractivity contribution in [1.29, 1.82) is 5.26 Å². The third-order valence-corrected chi connectivity index (χ3v) is 2.36. The predicted molar refractivity (Wildman–Crippen MR) is 59.4 cm³/mol. The Hall–Kier alpha value is -1.74. The fraction of sp³-hybridized carbons (Fsp3) is 0.364. The van der Waals surface area contributed by atoms with Gasteiger partial charge >= 0.3 is 5.97 Å². The second-order valence-corrected chi connectivity index (χ2v) is 3.46. The Bertz CT molecular complexity index is 501. The first-order valence-electron chi connectivity index (χ1n) is 5.00. The van der Waals surface area contributed by atoms with Gasteiger partial charge in [-0.05, 0) is 18.6 Å². The Balaban J connectivity index is 3.45. The number of halogens is 3. The van der Waals surface area contributed by atoms with E-state index in [2.05, 4.69) is 9.72 Å². The van der Waals surface area contributed by atoms with Crippen molar-refractivity contribution in [2.75, 3.05) is 6.61 Å². The Kier molecular flexibility index (Phi) is 4.98. The minimum atomic E-state index is -2.99. The number of rotatable bonds is 4. The van der Waals surface area contributed by atoms with Crippen LogP contribution in [0.4, 0.5) is 8.78 Å². The van der Waals surface area contributed by atoms with Gasteiger partial charge in [0.25, 0.3) is 6.43 Å². The van der Waals surface area contributed by atoms with Gasteiger partial charge in [-0.3, -0.25) is 0 Å². The van der Waals surface area contributed by atoms with Crippen LogP contribution in [0.3, 0.4) is 0 Å². The molecule has 0 atom stereocenters. The van der Waals surface area contributed by atoms with E-state index in [1.807, 2.05) is 0 Å². The number of pyridine rings is 1. The number of hydrogen-bond acceptors (Lipinski definition) is 4. The lowest BCUT2D eigenvalue weighted by molar-refractivity contribution is 0.0512. The molecule has 0 bridgehead atoms. The van der Waals surface area contributed by atoms with E-state index in [0.29, 0.717) is 0 Å². The summed E-state index contributed by atoms with van der Waals surface area (Å²) in [7, 11) is 0. The lowest BCUT2D eigenvalue weighted by Gasteiger charge is -2.11. The van der Waals surface area contributed by atoms with Gasteiger partial charge in [0, 0.05) is 5.88 Å². The zero-order valence-electron chi connectivity index (χ0n) is 9.41. The number of ether oxygens (including phenoxy) is 1. The third-order valence-electron chi connectivity index (χ3n) is 2.07. The van der Waals surface area contributed by atoms with Crippen molar-refractivity contribution in [3.63, 3.8) is 0 Å². The third kappa shape index (κ3) is 2.93. The first-order valence-corrected chi connectivity index (χ1v) is 5.53. The molecule has 96 valence electrons. The molecule has 4 nitrogen and oxygen atoms in total. The Morgan fingerprint density at radius 1 is 1.67 bits per heavy atom. The average Bonchev–Trinajstić information content (AvgIpc) is 2.37. The van der Waals surface area contributed by atoms with Gasteiger partial charge in [0.1, 0.15) is 17.5 Å². The topological polar surface area (TPSA) is 63.0 Å². The number of nitriles is 1. The van der Waals surface area contributed by atoms with Crippen molar-refractivity contribution in [2.45, 2.75) is 19.2 Å². The molecule has 7 heteroatoms. The summed E-state index contributed by atoms with van der Waals surface area (Å²) < 4.78 is 30.4. The summed E-state index contributed by atoms with van der Waals surface area (Å²) >= 11 is 5.59. The van der Waals surface area contributed by atoms with Crippen LogP contribution in [0.25, 0.3) is 0 Å². The number of hydrogen-bond donors (Lipinski definition) is 0. The molecule has 0 radical (unpaired) electrons. The van der Waals surface area contributed by atoms with Crippen LogP contribution >= 0.6 is 11.6 Å². The van der Waals surface area contributed by atoms with Crippen LogP contribution in [0.1, 0.15) is 40.7 Å². The summed E-state index contributed by atoms with van der Waals surface area (Å²) in [6.45, 7) is 1.60. The molecular weight excluding hydrogens is 266 g/mol. The summed E-state index contributed by atoms with van der Waals surface area (Å²) in [5.74, 6) is -1.11. The maximum Gasteiger partial charge on any atom is 0.340 e. The van der Waals surface area contributed by atoms with Gasteiger partial charge in [-0.1, -0.05) is 0 Å². The summed E-state index contributed by atoms with van der Waals surface area (Å²) in [6, 6.07) is 2.84. The number of alkyl halides is 3. The highest BCUT2D eigenvalue weighted by Gasteiger charge is 2.25. The van der Waals surface area contributed by atoms with Gasteiger partial charge in [0.2, 0.25) is 0 Å². The Morgan fingerprint density at radius 2 is 2.33 bits per heavy atom. The molecule has 0 aromatic carbocycles. The van der Waals surface area contributed by atoms with Crippen molar-refractivity contribution >= 4 is 17.6 Å². The van der Waals surface area contributed by atoms with E-state index in [4.69, 9.17) is 16.9 Å². The smallest absolute Gasteiger partial charge is 0.340 e. The average molecular weight is 275 g/mol. The van der Waals surface area contributed by atoms with E-state index in [0.717, 1.165) is 0 Å². The molecule has 1 aromatic rings. The number of carbonyl (C=O) groups excluding carboxylic acids is 1. The molecular formula is C11H9ClF2N2O2. The lowest BCUT2D eigenvalue weighted by Crippen LogP contribution is -2.14. The summed E-state index contributed by atoms with van der Waals surface area (Å²) in [5, 5.41) is 8.68. The molecule has 0 aliphatic rings. The highest BCUT2D eigenvalue weighted by Crippen LogP contribution is 2.26. The van der Waals surface area contributed by atoms with Gasteiger partial charge in [0.15, 0.2) is 0 Å². The van der Waals surface area contributed by atoms with Crippen LogP contribution in [0.5, 0.6) is 0 Å². The lowest BCUT2D eigenvalue weighted by atomic mass is 10.1. The van der Waals surface area contributed by atoms with Crippen molar-refractivity contribution < 1.29 is 18.3 Å². The first-order chi connectivity index (χ1) is 8.54. The SMILES string of the molecule is CCOC(=O)c1c(CCl)cc(C#N)nc1C(F)F. The normalized spacial score (nSPS) is 10.2. The summed E-state index contributed by atoms with van der Waals surface area (Å²) in [5.41, 5.74) is -1.24. The molecule has 0 aliphatic heterocycles. The van der Waals surface area contributed by atoms with Gasteiger partial charge in [-0.15, -0.1) is 11.6 Å². The zero-order chi connectivity index (χ0) is 13.7. The van der Waals surface area contributed by atoms with E-state index in [-0.39, 0.29) is 29.3 Å². The van der Waals surface area contributed by atoms with E-state index < -0.39 is 18.1 Å². The molecule has 1 aromatic heterocycles. The maximum absolute atomic E-state index is 12.8. The standard InChI is InChI=1S/C11H9ClF2N2O2/c1-2-18-11(17)8-6(4-12)3-7(5-15)16-9(8)10(13)14/h3,10H,2,4H2,1H3. The molecule has 0 N–H and O–H groups in total. The number of esters is 1. The van der Waals surface area contributed by atoms with Crippen molar-refractivity contribution in [3.05, 3.63) is 28.6 Å². The van der Waals surface area contributed by atoms with Crippen LogP contribution in [-0.4, -0.2) is 17.6 Å². The van der Waals surface area contributed by atoms with Crippen LogP contribution in [0, 0.1) is 11.3 Å². The van der Waals surface area contributed by atoms with Crippen molar-refractivity contribution in [3.8, 4) is 6.07 Å². The Morgan fingerprint density at radius 3 is 2.78 bits per heavy atom. The molecule has 18 heavy (non-hydrogen) atoms. The fourth-order valence-electron chi connectivity index (χ4n) is 1.38. The maximum atomic E-state index is 12.8. The molecule has 0 amide bonds. The van der Waals surface area contributed by atoms with Crippen LogP contribution < -0.4 is 0 Å². The monoisotopic (exact) mass is 274 g/mol. The fourth-order valence-corrected chi connectivity index (χ4v) is 1.59. The van der Waals surface area contributed by atoms with Gasteiger partial charge in [-0.25, -0.2) is 18.6 Å². The highest BCUT2D eigenvalue weighted by atomic mass is 35.5. The number of carbonyl (C=O) groups is 1. The minimum Gasteiger partial charge on any atom is -0.462 e. The highest BCUT2D eigenvalue weighted by molar-refractivity contribution is 6.17. The van der Waals surface area contributed by atoms with Gasteiger partial charge in [0.05, 0.1) is 12.2 Å². The van der Waals surface area contributed by atoms with Gasteiger partial charge in [-0.2, -0.15) is 5.26 Å². The van der Waals surface area contributed by atoms with Crippen LogP contribution in [-0.2, 0) is 10.6 Å². The second-order valence-electron chi connectivity index (χ2n) is 3.19. The van der Waals surface area contributed by atoms with Crippen molar-refractivity contribution in [2.24, 2.45) is 0 Å². The summed E-state index contributed by atoms with van der Waals surface area (Å²) in [6.07, 6.45) is -2.99. The van der Waals surface area contributed by atoms with Crippen LogP contribution in [0.15, 0.2) is 6.07 Å². The molecule has 0 aliphatic carbocycles. The van der Waals surface area contributed by atoms with Crippen LogP contribution in [0.2, 0.25) is 0 Å². The van der Waals surface area contributed by atoms with Gasteiger partial charge < -0.3 is 4.74 Å². The molecule has 0 unspecified atom stereocenters. The zero-order valence-corrected chi connectivity index (χ0v) is 10.2. The number of nitrogens with zero attached hydrogens (tertiary/aromatic N) is 2. The van der Waals surface area contributed by atoms with Crippen molar-refractivity contribution in [1.82, 2.24) is 4.98 Å². The minimum absolute atomic E-state index is 0.0449.